The third-order valence-electron chi connectivity index (χ3n) is 5.58. The molecule has 1 aliphatic heterocycles. The summed E-state index contributed by atoms with van der Waals surface area (Å²) < 4.78 is 0. The van der Waals surface area contributed by atoms with E-state index in [4.69, 9.17) is 28.5 Å². The van der Waals surface area contributed by atoms with Gasteiger partial charge in [0.2, 0.25) is 0 Å². The zero-order valence-corrected chi connectivity index (χ0v) is 17.9. The molecule has 1 saturated heterocycles. The number of rotatable bonds is 5. The van der Waals surface area contributed by atoms with Gasteiger partial charge < -0.3 is 5.11 Å². The van der Waals surface area contributed by atoms with Gasteiger partial charge in [-0.15, -0.1) is 0 Å². The summed E-state index contributed by atoms with van der Waals surface area (Å²) in [5.41, 5.74) is 2.83. The Balaban J connectivity index is 1.64. The smallest absolute Gasteiger partial charge is 0.146 e. The van der Waals surface area contributed by atoms with Crippen molar-refractivity contribution in [2.45, 2.75) is 25.0 Å². The van der Waals surface area contributed by atoms with E-state index in [-0.39, 0.29) is 0 Å². The van der Waals surface area contributed by atoms with Crippen molar-refractivity contribution in [1.82, 2.24) is 9.88 Å². The second kappa shape index (κ2) is 8.75. The molecule has 0 aliphatic carbocycles. The maximum absolute atomic E-state index is 11.7. The van der Waals surface area contributed by atoms with Crippen LogP contribution in [0, 0.1) is 11.3 Å². The van der Waals surface area contributed by atoms with Gasteiger partial charge in [-0.3, -0.25) is 9.88 Å². The van der Waals surface area contributed by atoms with Crippen molar-refractivity contribution in [3.63, 3.8) is 0 Å². The Bertz CT molecular complexity index is 1090. The molecule has 30 heavy (non-hydrogen) atoms. The highest BCUT2D eigenvalue weighted by Gasteiger charge is 2.42. The molecular formula is C24H21Cl2N3O. The Morgan fingerprint density at radius 1 is 1.10 bits per heavy atom. The lowest BCUT2D eigenvalue weighted by Gasteiger charge is -2.35. The number of nitrogens with zero attached hydrogens (tertiary/aromatic N) is 3. The third-order valence-corrected chi connectivity index (χ3v) is 6.01. The SMILES string of the molecule is N#Cc1cccc(CCN2CCCC2(O)c2cccnc2-c2cc(Cl)cc(Cl)c2)c1. The molecule has 4 rings (SSSR count). The fourth-order valence-corrected chi connectivity index (χ4v) is 4.70. The minimum Gasteiger partial charge on any atom is -0.371 e. The quantitative estimate of drug-likeness (QED) is 0.579. The van der Waals surface area contributed by atoms with E-state index in [1.54, 1.807) is 18.3 Å². The van der Waals surface area contributed by atoms with Gasteiger partial charge in [-0.1, -0.05) is 41.4 Å². The van der Waals surface area contributed by atoms with Crippen molar-refractivity contribution >= 4 is 23.2 Å². The average molecular weight is 438 g/mol. The van der Waals surface area contributed by atoms with Gasteiger partial charge in [-0.2, -0.15) is 5.26 Å². The van der Waals surface area contributed by atoms with Crippen LogP contribution >= 0.6 is 23.2 Å². The van der Waals surface area contributed by atoms with Gasteiger partial charge in [0, 0.05) is 40.5 Å². The zero-order valence-electron chi connectivity index (χ0n) is 16.4. The van der Waals surface area contributed by atoms with Crippen molar-refractivity contribution in [2.24, 2.45) is 0 Å². The molecule has 2 aromatic carbocycles. The maximum Gasteiger partial charge on any atom is 0.146 e. The number of benzene rings is 2. The van der Waals surface area contributed by atoms with Crippen molar-refractivity contribution < 1.29 is 5.11 Å². The van der Waals surface area contributed by atoms with E-state index >= 15 is 0 Å². The first-order chi connectivity index (χ1) is 14.5. The highest BCUT2D eigenvalue weighted by atomic mass is 35.5. The first kappa shape index (κ1) is 20.8. The van der Waals surface area contributed by atoms with Crippen molar-refractivity contribution in [2.75, 3.05) is 13.1 Å². The van der Waals surface area contributed by atoms with E-state index < -0.39 is 5.72 Å². The largest absolute Gasteiger partial charge is 0.371 e. The van der Waals surface area contributed by atoms with Crippen LogP contribution < -0.4 is 0 Å². The standard InChI is InChI=1S/C24H21Cl2N3O/c25-20-13-19(14-21(26)15-20)23-22(6-2-9-28-23)24(30)8-3-10-29(24)11-7-17-4-1-5-18(12-17)16-27/h1-2,4-6,9,12-15,30H,3,7-8,10-11H2. The normalized spacial score (nSPS) is 19.0. The molecular weight excluding hydrogens is 417 g/mol. The fourth-order valence-electron chi connectivity index (χ4n) is 4.17. The van der Waals surface area contributed by atoms with E-state index in [1.165, 1.54) is 0 Å². The molecule has 1 unspecified atom stereocenters. The number of pyridine rings is 1. The Hall–Kier alpha value is -2.42. The molecule has 1 fully saturated rings. The summed E-state index contributed by atoms with van der Waals surface area (Å²) in [6, 6.07) is 18.9. The first-order valence-electron chi connectivity index (χ1n) is 9.88. The van der Waals surface area contributed by atoms with Crippen molar-refractivity contribution in [3.05, 3.63) is 87.5 Å². The lowest BCUT2D eigenvalue weighted by atomic mass is 9.94. The van der Waals surface area contributed by atoms with E-state index in [0.29, 0.717) is 34.3 Å². The number of halogens is 2. The monoisotopic (exact) mass is 437 g/mol. The molecule has 4 nitrogen and oxygen atoms in total. The topological polar surface area (TPSA) is 60.2 Å². The molecule has 1 aromatic heterocycles. The van der Waals surface area contributed by atoms with Gasteiger partial charge in [0.25, 0.3) is 0 Å². The van der Waals surface area contributed by atoms with Crippen molar-refractivity contribution in [1.29, 1.82) is 5.26 Å². The summed E-state index contributed by atoms with van der Waals surface area (Å²) in [5.74, 6) is 0. The summed E-state index contributed by atoms with van der Waals surface area (Å²) >= 11 is 12.4. The van der Waals surface area contributed by atoms with Crippen LogP contribution in [-0.4, -0.2) is 28.1 Å². The fraction of sp³-hybridized carbons (Fsp3) is 0.250. The van der Waals surface area contributed by atoms with Crippen LogP contribution in [0.25, 0.3) is 11.3 Å². The third kappa shape index (κ3) is 4.21. The Morgan fingerprint density at radius 3 is 2.67 bits per heavy atom. The van der Waals surface area contributed by atoms with Crippen LogP contribution in [0.2, 0.25) is 10.0 Å². The Morgan fingerprint density at radius 2 is 1.90 bits per heavy atom. The van der Waals surface area contributed by atoms with Crippen LogP contribution in [0.15, 0.2) is 60.8 Å². The Labute approximate surface area is 186 Å². The molecule has 0 radical (unpaired) electrons. The number of hydrogen-bond acceptors (Lipinski definition) is 4. The van der Waals surface area contributed by atoms with E-state index in [9.17, 15) is 5.11 Å². The molecule has 6 heteroatoms. The summed E-state index contributed by atoms with van der Waals surface area (Å²) in [4.78, 5) is 6.65. The first-order valence-corrected chi connectivity index (χ1v) is 10.6. The number of aliphatic hydroxyl groups is 1. The molecule has 0 amide bonds. The number of likely N-dealkylation sites (tertiary alicyclic amines) is 1. The van der Waals surface area contributed by atoms with Crippen LogP contribution in [0.1, 0.15) is 29.5 Å². The van der Waals surface area contributed by atoms with Crippen LogP contribution in [-0.2, 0) is 12.1 Å². The molecule has 2 heterocycles. The summed E-state index contributed by atoms with van der Waals surface area (Å²) in [6.45, 7) is 1.47. The van der Waals surface area contributed by atoms with Gasteiger partial charge in [0.05, 0.1) is 17.3 Å². The second-order valence-electron chi connectivity index (χ2n) is 7.53. The number of hydrogen-bond donors (Lipinski definition) is 1. The van der Waals surface area contributed by atoms with Gasteiger partial charge in [-0.05, 0) is 61.2 Å². The molecule has 3 aromatic rings. The maximum atomic E-state index is 11.7. The Kier molecular flexibility index (Phi) is 6.08. The number of nitriles is 1. The molecule has 0 saturated carbocycles. The van der Waals surface area contributed by atoms with Crippen LogP contribution in [0.4, 0.5) is 0 Å². The van der Waals surface area contributed by atoms with Crippen molar-refractivity contribution in [3.8, 4) is 17.3 Å². The predicted molar refractivity (Wildman–Crippen MR) is 119 cm³/mol. The minimum atomic E-state index is -1.12. The van der Waals surface area contributed by atoms with E-state index in [0.717, 1.165) is 36.1 Å². The molecule has 1 aliphatic rings. The predicted octanol–water partition coefficient (Wildman–Crippen LogP) is 5.41. The highest BCUT2D eigenvalue weighted by molar-refractivity contribution is 6.35. The second-order valence-corrected chi connectivity index (χ2v) is 8.40. The number of aromatic nitrogens is 1. The lowest BCUT2D eigenvalue weighted by molar-refractivity contribution is -0.0866. The summed E-state index contributed by atoms with van der Waals surface area (Å²) in [6.07, 6.45) is 3.97. The molecule has 1 atom stereocenters. The van der Waals surface area contributed by atoms with Gasteiger partial charge in [0.1, 0.15) is 5.72 Å². The zero-order chi connectivity index (χ0) is 21.1. The summed E-state index contributed by atoms with van der Waals surface area (Å²) in [5, 5.41) is 21.9. The van der Waals surface area contributed by atoms with E-state index in [1.807, 2.05) is 42.5 Å². The summed E-state index contributed by atoms with van der Waals surface area (Å²) in [7, 11) is 0. The molecule has 0 spiro atoms. The highest BCUT2D eigenvalue weighted by Crippen LogP contribution is 2.41. The molecule has 152 valence electrons. The molecule has 1 N–H and O–H groups in total. The minimum absolute atomic E-state index is 0.529. The van der Waals surface area contributed by atoms with Gasteiger partial charge >= 0.3 is 0 Å². The lowest BCUT2D eigenvalue weighted by Crippen LogP contribution is -2.42. The van der Waals surface area contributed by atoms with Crippen LogP contribution in [0.5, 0.6) is 0 Å². The average Bonchev–Trinajstić information content (AvgIpc) is 3.13. The van der Waals surface area contributed by atoms with Gasteiger partial charge in [0.15, 0.2) is 0 Å². The van der Waals surface area contributed by atoms with E-state index in [2.05, 4.69) is 16.0 Å². The van der Waals surface area contributed by atoms with Gasteiger partial charge in [-0.25, -0.2) is 0 Å². The van der Waals surface area contributed by atoms with Crippen LogP contribution in [0.3, 0.4) is 0 Å². The molecule has 0 bridgehead atoms.